The van der Waals surface area contributed by atoms with Gasteiger partial charge in [-0.05, 0) is 32.2 Å². The van der Waals surface area contributed by atoms with Crippen LogP contribution in [-0.2, 0) is 0 Å². The van der Waals surface area contributed by atoms with Gasteiger partial charge < -0.3 is 11.1 Å². The van der Waals surface area contributed by atoms with Gasteiger partial charge in [-0.15, -0.1) is 6.58 Å². The minimum absolute atomic E-state index is 0.688. The highest BCUT2D eigenvalue weighted by molar-refractivity contribution is 5.89. The fourth-order valence-corrected chi connectivity index (χ4v) is 2.09. The molecule has 0 bridgehead atoms. The molecule has 0 radical (unpaired) electrons. The highest BCUT2D eigenvalue weighted by Gasteiger charge is 2.08. The average Bonchev–Trinajstić information content (AvgIpc) is 2.53. The number of para-hydroxylation sites is 2. The molecular formula is C18H27N5. The summed E-state index contributed by atoms with van der Waals surface area (Å²) in [6, 6.07) is 7.62. The summed E-state index contributed by atoms with van der Waals surface area (Å²) in [6.07, 6.45) is 5.70. The normalized spacial score (nSPS) is 12.9. The SMILES string of the molecule is C=CCN(CC(C)=Nc1ccccc1N)CC(=NC)N/C=C/C. The van der Waals surface area contributed by atoms with Crippen LogP contribution in [0.5, 0.6) is 0 Å². The minimum Gasteiger partial charge on any atom is -0.397 e. The number of nitrogens with one attached hydrogen (secondary N) is 1. The molecule has 5 nitrogen and oxygen atoms in total. The van der Waals surface area contributed by atoms with Gasteiger partial charge in [0.15, 0.2) is 0 Å². The molecule has 1 aromatic rings. The maximum Gasteiger partial charge on any atom is 0.114 e. The first-order valence-corrected chi connectivity index (χ1v) is 7.66. The third-order valence-electron chi connectivity index (χ3n) is 3.15. The van der Waals surface area contributed by atoms with E-state index in [1.54, 1.807) is 7.05 Å². The highest BCUT2D eigenvalue weighted by Crippen LogP contribution is 2.20. The van der Waals surface area contributed by atoms with Gasteiger partial charge in [-0.2, -0.15) is 0 Å². The average molecular weight is 313 g/mol. The van der Waals surface area contributed by atoms with E-state index < -0.39 is 0 Å². The summed E-state index contributed by atoms with van der Waals surface area (Å²) in [7, 11) is 1.78. The monoisotopic (exact) mass is 313 g/mol. The van der Waals surface area contributed by atoms with Crippen molar-refractivity contribution in [3.8, 4) is 0 Å². The molecule has 0 aliphatic rings. The van der Waals surface area contributed by atoms with Crippen molar-refractivity contribution in [2.75, 3.05) is 32.4 Å². The zero-order valence-corrected chi connectivity index (χ0v) is 14.3. The number of amidine groups is 1. The Labute approximate surface area is 139 Å². The van der Waals surface area contributed by atoms with Gasteiger partial charge in [-0.25, -0.2) is 0 Å². The number of allylic oxidation sites excluding steroid dienone is 1. The van der Waals surface area contributed by atoms with Crippen molar-refractivity contribution in [2.45, 2.75) is 13.8 Å². The Morgan fingerprint density at radius 3 is 2.70 bits per heavy atom. The molecule has 0 spiro atoms. The van der Waals surface area contributed by atoms with Crippen molar-refractivity contribution >= 4 is 22.9 Å². The van der Waals surface area contributed by atoms with Crippen molar-refractivity contribution in [3.05, 3.63) is 49.2 Å². The molecule has 0 aromatic heterocycles. The van der Waals surface area contributed by atoms with Gasteiger partial charge in [0.05, 0.1) is 17.9 Å². The lowest BCUT2D eigenvalue weighted by Crippen LogP contribution is -2.38. The van der Waals surface area contributed by atoms with Gasteiger partial charge in [0.2, 0.25) is 0 Å². The summed E-state index contributed by atoms with van der Waals surface area (Å²) < 4.78 is 0. The third kappa shape index (κ3) is 6.93. The minimum atomic E-state index is 0.688. The van der Waals surface area contributed by atoms with E-state index in [0.717, 1.165) is 30.3 Å². The number of benzene rings is 1. The summed E-state index contributed by atoms with van der Waals surface area (Å²) in [4.78, 5) is 11.1. The van der Waals surface area contributed by atoms with E-state index in [9.17, 15) is 0 Å². The second kappa shape index (κ2) is 10.3. The quantitative estimate of drug-likeness (QED) is 0.335. The molecule has 5 heteroatoms. The third-order valence-corrected chi connectivity index (χ3v) is 3.15. The lowest BCUT2D eigenvalue weighted by Gasteiger charge is -2.21. The second-order valence-electron chi connectivity index (χ2n) is 5.18. The molecule has 0 atom stereocenters. The second-order valence-corrected chi connectivity index (χ2v) is 5.18. The number of rotatable bonds is 8. The van der Waals surface area contributed by atoms with Gasteiger partial charge in [-0.1, -0.05) is 24.3 Å². The van der Waals surface area contributed by atoms with Crippen molar-refractivity contribution in [2.24, 2.45) is 9.98 Å². The van der Waals surface area contributed by atoms with Crippen molar-refractivity contribution < 1.29 is 0 Å². The summed E-state index contributed by atoms with van der Waals surface area (Å²) >= 11 is 0. The van der Waals surface area contributed by atoms with Crippen molar-refractivity contribution in [1.29, 1.82) is 0 Å². The molecule has 1 rings (SSSR count). The van der Waals surface area contributed by atoms with E-state index in [4.69, 9.17) is 5.73 Å². The molecule has 0 heterocycles. The molecule has 124 valence electrons. The van der Waals surface area contributed by atoms with E-state index in [-0.39, 0.29) is 0 Å². The summed E-state index contributed by atoms with van der Waals surface area (Å²) in [5, 5.41) is 3.17. The molecule has 0 aliphatic carbocycles. The largest absolute Gasteiger partial charge is 0.397 e. The van der Waals surface area contributed by atoms with Gasteiger partial charge >= 0.3 is 0 Å². The number of hydrogen-bond donors (Lipinski definition) is 2. The molecule has 23 heavy (non-hydrogen) atoms. The van der Waals surface area contributed by atoms with E-state index in [1.807, 2.05) is 56.5 Å². The molecule has 0 saturated heterocycles. The number of aliphatic imine (C=N–C) groups is 2. The predicted molar refractivity (Wildman–Crippen MR) is 102 cm³/mol. The number of nitrogens with two attached hydrogens (primary N) is 1. The van der Waals surface area contributed by atoms with Crippen LogP contribution in [0.1, 0.15) is 13.8 Å². The van der Waals surface area contributed by atoms with Crippen LogP contribution >= 0.6 is 0 Å². The van der Waals surface area contributed by atoms with Crippen molar-refractivity contribution in [3.63, 3.8) is 0 Å². The van der Waals surface area contributed by atoms with Crippen LogP contribution in [-0.4, -0.2) is 43.1 Å². The van der Waals surface area contributed by atoms with E-state index in [1.165, 1.54) is 0 Å². The Hall–Kier alpha value is -2.40. The van der Waals surface area contributed by atoms with Crippen LogP contribution in [0, 0.1) is 0 Å². The Balaban J connectivity index is 2.78. The first-order chi connectivity index (χ1) is 11.1. The van der Waals surface area contributed by atoms with Crippen molar-refractivity contribution in [1.82, 2.24) is 10.2 Å². The van der Waals surface area contributed by atoms with E-state index in [0.29, 0.717) is 12.2 Å². The maximum absolute atomic E-state index is 5.94. The Morgan fingerprint density at radius 1 is 1.35 bits per heavy atom. The molecule has 0 fully saturated rings. The molecule has 0 unspecified atom stereocenters. The van der Waals surface area contributed by atoms with Crippen LogP contribution in [0.25, 0.3) is 0 Å². The molecule has 1 aromatic carbocycles. The lowest BCUT2D eigenvalue weighted by molar-refractivity contribution is 0.391. The standard InChI is InChI=1S/C18H27N5/c1-5-11-21-18(20-4)14-23(12-6-2)13-15(3)22-17-10-8-7-9-16(17)19/h5-11H,2,12-14,19H2,1,3-4H3,(H,20,21)/b11-5+,22-15?. The van der Waals surface area contributed by atoms with Crippen LogP contribution < -0.4 is 11.1 Å². The molecule has 0 amide bonds. The van der Waals surface area contributed by atoms with Gasteiger partial charge in [0.25, 0.3) is 0 Å². The fourth-order valence-electron chi connectivity index (χ4n) is 2.09. The molecule has 0 aliphatic heterocycles. The van der Waals surface area contributed by atoms with E-state index in [2.05, 4.69) is 26.8 Å². The number of anilines is 1. The van der Waals surface area contributed by atoms with E-state index >= 15 is 0 Å². The topological polar surface area (TPSA) is 66.0 Å². The molecule has 3 N–H and O–H groups in total. The zero-order valence-electron chi connectivity index (χ0n) is 14.3. The lowest BCUT2D eigenvalue weighted by atomic mass is 10.2. The van der Waals surface area contributed by atoms with Crippen LogP contribution in [0.15, 0.2) is 59.2 Å². The van der Waals surface area contributed by atoms with Gasteiger partial charge in [-0.3, -0.25) is 14.9 Å². The van der Waals surface area contributed by atoms with Crippen LogP contribution in [0.4, 0.5) is 11.4 Å². The zero-order chi connectivity index (χ0) is 17.1. The first kappa shape index (κ1) is 18.6. The van der Waals surface area contributed by atoms with Crippen LogP contribution in [0.3, 0.4) is 0 Å². The summed E-state index contributed by atoms with van der Waals surface area (Å²) in [6.45, 7) is 9.97. The maximum atomic E-state index is 5.94. The molecular weight excluding hydrogens is 286 g/mol. The summed E-state index contributed by atoms with van der Waals surface area (Å²) in [5.74, 6) is 0.900. The predicted octanol–water partition coefficient (Wildman–Crippen LogP) is 3.00. The number of nitrogens with zero attached hydrogens (tertiary/aromatic N) is 3. The van der Waals surface area contributed by atoms with Gasteiger partial charge in [0.1, 0.15) is 5.84 Å². The van der Waals surface area contributed by atoms with Crippen LogP contribution in [0.2, 0.25) is 0 Å². The van der Waals surface area contributed by atoms with Gasteiger partial charge in [0, 0.05) is 25.8 Å². The Bertz CT molecular complexity index is 587. The fraction of sp³-hybridized carbons (Fsp3) is 0.333. The molecule has 0 saturated carbocycles. The first-order valence-electron chi connectivity index (χ1n) is 7.66. The Morgan fingerprint density at radius 2 is 2.09 bits per heavy atom. The smallest absolute Gasteiger partial charge is 0.114 e. The number of hydrogen-bond acceptors (Lipinski definition) is 4. The summed E-state index contributed by atoms with van der Waals surface area (Å²) in [5.41, 5.74) is 8.43. The number of nitrogen functional groups attached to an aromatic ring is 1. The Kier molecular flexibility index (Phi) is 8.39. The highest BCUT2D eigenvalue weighted by atomic mass is 15.2.